The van der Waals surface area contributed by atoms with Crippen molar-refractivity contribution in [3.8, 4) is 22.6 Å². The van der Waals surface area contributed by atoms with E-state index in [4.69, 9.17) is 9.47 Å². The van der Waals surface area contributed by atoms with E-state index in [1.807, 2.05) is 48.5 Å². The van der Waals surface area contributed by atoms with Gasteiger partial charge in [0, 0.05) is 17.1 Å². The lowest BCUT2D eigenvalue weighted by Gasteiger charge is -2.14. The second kappa shape index (κ2) is 7.98. The molecular weight excluding hydrogens is 366 g/mol. The van der Waals surface area contributed by atoms with Crippen LogP contribution in [0.15, 0.2) is 72.9 Å². The minimum atomic E-state index is -0.347. The van der Waals surface area contributed by atoms with Gasteiger partial charge in [0.2, 0.25) is 0 Å². The highest BCUT2D eigenvalue weighted by Crippen LogP contribution is 2.33. The van der Waals surface area contributed by atoms with Gasteiger partial charge in [0.05, 0.1) is 19.8 Å². The van der Waals surface area contributed by atoms with Gasteiger partial charge in [-0.3, -0.25) is 4.79 Å². The van der Waals surface area contributed by atoms with Crippen LogP contribution in [-0.2, 0) is 0 Å². The Hall–Kier alpha value is -3.93. The molecule has 1 amide bonds. The van der Waals surface area contributed by atoms with Gasteiger partial charge in [0.1, 0.15) is 5.82 Å². The number of carbonyl (C=O) groups is 1. The maximum Gasteiger partial charge on any atom is 0.260 e. The first-order chi connectivity index (χ1) is 14.2. The van der Waals surface area contributed by atoms with Crippen molar-refractivity contribution in [1.29, 1.82) is 0 Å². The molecule has 2 aromatic carbocycles. The highest BCUT2D eigenvalue weighted by Gasteiger charge is 2.19. The van der Waals surface area contributed by atoms with Gasteiger partial charge in [0.25, 0.3) is 5.91 Å². The Balaban J connectivity index is 1.81. The zero-order valence-corrected chi connectivity index (χ0v) is 16.0. The Morgan fingerprint density at radius 3 is 2.52 bits per heavy atom. The number of para-hydroxylation sites is 1. The van der Waals surface area contributed by atoms with E-state index in [1.165, 1.54) is 14.2 Å². The minimum absolute atomic E-state index is 0.347. The molecule has 29 heavy (non-hydrogen) atoms. The fraction of sp³-hybridized carbons (Fsp3) is 0.0870. The van der Waals surface area contributed by atoms with E-state index in [2.05, 4.69) is 15.3 Å². The summed E-state index contributed by atoms with van der Waals surface area (Å²) in [5, 5.41) is 3.81. The molecule has 6 heteroatoms. The largest absolute Gasteiger partial charge is 0.493 e. The first kappa shape index (κ1) is 18.4. The molecule has 0 bridgehead atoms. The molecule has 0 spiro atoms. The summed E-state index contributed by atoms with van der Waals surface area (Å²) in [5.74, 6) is 0.933. The molecular formula is C23H19N3O3. The van der Waals surface area contributed by atoms with Crippen LogP contribution >= 0.6 is 0 Å². The van der Waals surface area contributed by atoms with E-state index in [1.54, 1.807) is 24.4 Å². The summed E-state index contributed by atoms with van der Waals surface area (Å²) in [4.78, 5) is 22.0. The zero-order valence-electron chi connectivity index (χ0n) is 16.0. The van der Waals surface area contributed by atoms with Gasteiger partial charge in [0.15, 0.2) is 17.1 Å². The third-order valence-corrected chi connectivity index (χ3v) is 4.55. The maximum absolute atomic E-state index is 13.1. The highest BCUT2D eigenvalue weighted by atomic mass is 16.5. The fourth-order valence-electron chi connectivity index (χ4n) is 3.18. The quantitative estimate of drug-likeness (QED) is 0.545. The molecule has 0 radical (unpaired) electrons. The van der Waals surface area contributed by atoms with Gasteiger partial charge in [-0.05, 0) is 35.9 Å². The molecule has 1 N–H and O–H groups in total. The Morgan fingerprint density at radius 2 is 1.76 bits per heavy atom. The summed E-state index contributed by atoms with van der Waals surface area (Å²) in [6.07, 6.45) is 1.67. The van der Waals surface area contributed by atoms with E-state index in [0.29, 0.717) is 28.5 Å². The lowest BCUT2D eigenvalue weighted by molar-refractivity contribution is 0.102. The molecule has 6 nitrogen and oxygen atoms in total. The summed E-state index contributed by atoms with van der Waals surface area (Å²) in [7, 11) is 3.03. The number of carbonyl (C=O) groups excluding carboxylic acids is 1. The summed E-state index contributed by atoms with van der Waals surface area (Å²) < 4.78 is 10.7. The first-order valence-electron chi connectivity index (χ1n) is 9.05. The Bertz CT molecular complexity index is 1180. The lowest BCUT2D eigenvalue weighted by Crippen LogP contribution is -2.15. The molecule has 4 aromatic rings. The fourth-order valence-corrected chi connectivity index (χ4v) is 3.18. The summed E-state index contributed by atoms with van der Waals surface area (Å²) in [5.41, 5.74) is 2.66. The molecule has 4 rings (SSSR count). The van der Waals surface area contributed by atoms with Crippen LogP contribution < -0.4 is 14.8 Å². The number of pyridine rings is 2. The van der Waals surface area contributed by atoms with E-state index in [0.717, 1.165) is 16.5 Å². The summed E-state index contributed by atoms with van der Waals surface area (Å²) in [6.45, 7) is 0. The third kappa shape index (κ3) is 3.60. The van der Waals surface area contributed by atoms with Crippen molar-refractivity contribution in [2.45, 2.75) is 0 Å². The number of hydrogen-bond donors (Lipinski definition) is 1. The van der Waals surface area contributed by atoms with Crippen LogP contribution in [0.1, 0.15) is 10.4 Å². The first-order valence-corrected chi connectivity index (χ1v) is 9.05. The molecule has 0 aliphatic carbocycles. The molecule has 0 aliphatic heterocycles. The van der Waals surface area contributed by atoms with Crippen molar-refractivity contribution in [1.82, 2.24) is 9.97 Å². The predicted octanol–water partition coefficient (Wildman–Crippen LogP) is 4.57. The second-order valence-corrected chi connectivity index (χ2v) is 6.30. The Kier molecular flexibility index (Phi) is 5.07. The van der Waals surface area contributed by atoms with Crippen molar-refractivity contribution < 1.29 is 14.3 Å². The molecule has 0 saturated carbocycles. The topological polar surface area (TPSA) is 73.3 Å². The number of nitrogens with zero attached hydrogens (tertiary/aromatic N) is 2. The summed E-state index contributed by atoms with van der Waals surface area (Å²) in [6, 6.07) is 20.7. The molecule has 144 valence electrons. The number of benzene rings is 2. The number of rotatable bonds is 5. The minimum Gasteiger partial charge on any atom is -0.493 e. The van der Waals surface area contributed by atoms with Crippen molar-refractivity contribution >= 4 is 22.8 Å². The molecule has 0 atom stereocenters. The van der Waals surface area contributed by atoms with Gasteiger partial charge < -0.3 is 14.8 Å². The Morgan fingerprint density at radius 1 is 0.931 bits per heavy atom. The van der Waals surface area contributed by atoms with Crippen LogP contribution in [0.5, 0.6) is 11.5 Å². The molecule has 0 aliphatic rings. The average molecular weight is 385 g/mol. The standard InChI is InChI=1S/C23H19N3O3/c1-28-19-12-6-11-17(20(19)29-2)23(27)26-22-18(15-8-4-3-5-9-15)14-16-10-7-13-24-21(16)25-22/h3-14H,1-2H3,(H,24,25,26,27). The van der Waals surface area contributed by atoms with Crippen molar-refractivity contribution in [3.63, 3.8) is 0 Å². The molecule has 0 unspecified atom stereocenters. The SMILES string of the molecule is COc1cccc(C(=O)Nc2nc3ncccc3cc2-c2ccccc2)c1OC. The number of aromatic nitrogens is 2. The number of methoxy groups -OCH3 is 2. The van der Waals surface area contributed by atoms with Crippen LogP contribution in [0.2, 0.25) is 0 Å². The van der Waals surface area contributed by atoms with Crippen LogP contribution in [0, 0.1) is 0 Å². The van der Waals surface area contributed by atoms with Gasteiger partial charge in [-0.25, -0.2) is 9.97 Å². The van der Waals surface area contributed by atoms with E-state index in [-0.39, 0.29) is 5.91 Å². The number of ether oxygens (including phenoxy) is 2. The van der Waals surface area contributed by atoms with Crippen molar-refractivity contribution in [3.05, 3.63) is 78.5 Å². The van der Waals surface area contributed by atoms with Crippen molar-refractivity contribution in [2.75, 3.05) is 19.5 Å². The van der Waals surface area contributed by atoms with E-state index in [9.17, 15) is 4.79 Å². The van der Waals surface area contributed by atoms with E-state index >= 15 is 0 Å². The third-order valence-electron chi connectivity index (χ3n) is 4.55. The number of fused-ring (bicyclic) bond motifs is 1. The van der Waals surface area contributed by atoms with Crippen LogP contribution in [0.25, 0.3) is 22.2 Å². The molecule has 2 heterocycles. The molecule has 0 saturated heterocycles. The van der Waals surface area contributed by atoms with Crippen molar-refractivity contribution in [2.24, 2.45) is 0 Å². The van der Waals surface area contributed by atoms with Crippen LogP contribution in [0.4, 0.5) is 5.82 Å². The summed E-state index contributed by atoms with van der Waals surface area (Å²) >= 11 is 0. The van der Waals surface area contributed by atoms with Gasteiger partial charge in [-0.1, -0.05) is 36.4 Å². The van der Waals surface area contributed by atoms with Gasteiger partial charge in [-0.2, -0.15) is 0 Å². The van der Waals surface area contributed by atoms with Crippen LogP contribution in [0.3, 0.4) is 0 Å². The highest BCUT2D eigenvalue weighted by molar-refractivity contribution is 6.08. The average Bonchev–Trinajstić information content (AvgIpc) is 2.78. The zero-order chi connectivity index (χ0) is 20.2. The number of anilines is 1. The number of hydrogen-bond acceptors (Lipinski definition) is 5. The predicted molar refractivity (Wildman–Crippen MR) is 112 cm³/mol. The lowest BCUT2D eigenvalue weighted by atomic mass is 10.0. The Labute approximate surface area is 168 Å². The smallest absolute Gasteiger partial charge is 0.260 e. The van der Waals surface area contributed by atoms with Gasteiger partial charge in [-0.15, -0.1) is 0 Å². The molecule has 0 fully saturated rings. The monoisotopic (exact) mass is 385 g/mol. The molecule has 2 aromatic heterocycles. The number of amides is 1. The van der Waals surface area contributed by atoms with Gasteiger partial charge >= 0.3 is 0 Å². The van der Waals surface area contributed by atoms with Crippen LogP contribution in [-0.4, -0.2) is 30.1 Å². The number of nitrogens with one attached hydrogen (secondary N) is 1. The normalized spacial score (nSPS) is 10.6. The van der Waals surface area contributed by atoms with E-state index < -0.39 is 0 Å². The second-order valence-electron chi connectivity index (χ2n) is 6.30. The maximum atomic E-state index is 13.1.